The smallest absolute Gasteiger partial charge is 0.294 e. The van der Waals surface area contributed by atoms with E-state index in [1.165, 1.54) is 24.2 Å². The number of halogens is 6. The van der Waals surface area contributed by atoms with E-state index < -0.39 is 24.5 Å². The molecule has 220 valence electrons. The highest BCUT2D eigenvalue weighted by molar-refractivity contribution is 5.87. The van der Waals surface area contributed by atoms with Gasteiger partial charge in [0, 0.05) is 35.4 Å². The third-order valence-electron chi connectivity index (χ3n) is 5.66. The summed E-state index contributed by atoms with van der Waals surface area (Å²) in [6.07, 6.45) is -5.33. The molecule has 0 radical (unpaired) electrons. The molecule has 0 aliphatic carbocycles. The summed E-state index contributed by atoms with van der Waals surface area (Å²) in [5.74, 6) is -0.217. The highest BCUT2D eigenvalue weighted by atomic mass is 19.4. The van der Waals surface area contributed by atoms with Gasteiger partial charge in [-0.2, -0.15) is 26.3 Å². The van der Waals surface area contributed by atoms with Gasteiger partial charge < -0.3 is 0 Å². The molecule has 2 heterocycles. The number of benzene rings is 2. The molecule has 0 unspecified atom stereocenters. The van der Waals surface area contributed by atoms with Crippen LogP contribution in [0.2, 0.25) is 0 Å². The van der Waals surface area contributed by atoms with E-state index in [0.29, 0.717) is 5.52 Å². The maximum absolute atomic E-state index is 12.9. The molecule has 0 spiro atoms. The van der Waals surface area contributed by atoms with Crippen molar-refractivity contribution in [3.8, 4) is 0 Å². The first-order valence-corrected chi connectivity index (χ1v) is 13.3. The Hall–Kier alpha value is -3.20. The number of nitrogens with zero attached hydrogens (tertiary/aromatic N) is 3. The fraction of sp³-hybridized carbons (Fsp3) is 0.419. The molecule has 0 aliphatic rings. The Labute approximate surface area is 233 Å². The third-order valence-corrected chi connectivity index (χ3v) is 5.66. The fourth-order valence-electron chi connectivity index (χ4n) is 4.17. The molecule has 0 N–H and O–H groups in total. The van der Waals surface area contributed by atoms with Crippen molar-refractivity contribution in [1.82, 2.24) is 14.9 Å². The van der Waals surface area contributed by atoms with Crippen molar-refractivity contribution >= 4 is 21.7 Å². The molecule has 9 heteroatoms. The second kappa shape index (κ2) is 15.6. The van der Waals surface area contributed by atoms with Crippen molar-refractivity contribution in [3.05, 3.63) is 83.3 Å². The van der Waals surface area contributed by atoms with Gasteiger partial charge in [-0.3, -0.25) is 14.9 Å². The van der Waals surface area contributed by atoms with Crippen molar-refractivity contribution in [2.24, 2.45) is 0 Å². The summed E-state index contributed by atoms with van der Waals surface area (Å²) in [6.45, 7) is 12.7. The van der Waals surface area contributed by atoms with Crippen LogP contribution in [0, 0.1) is 6.92 Å². The van der Waals surface area contributed by atoms with Crippen LogP contribution < -0.4 is 0 Å². The standard InChI is InChI=1S/C14H15F3N2.C13H12F3N.2C2H6/c1-10-12-5-3-4-6-13(12)11(7-18-10)8-19(2)9-14(15,16)17;1-8(2)11-10(13(14,15)16)6-5-9-4-3-7-17-12(9)11;2*1-2/h3-7H,8-9H2,1-2H3;3-8H,1-2H3;2*1-2H3. The number of alkyl halides is 6. The van der Waals surface area contributed by atoms with Crippen LogP contribution in [0.5, 0.6) is 0 Å². The van der Waals surface area contributed by atoms with Crippen molar-refractivity contribution in [2.75, 3.05) is 13.6 Å². The fourth-order valence-corrected chi connectivity index (χ4v) is 4.17. The molecule has 0 bridgehead atoms. The lowest BCUT2D eigenvalue weighted by molar-refractivity contribution is -0.144. The van der Waals surface area contributed by atoms with Crippen LogP contribution in [0.25, 0.3) is 21.7 Å². The largest absolute Gasteiger partial charge is 0.416 e. The molecular formula is C31H39F6N3. The van der Waals surface area contributed by atoms with Crippen LogP contribution in [0.3, 0.4) is 0 Å². The van der Waals surface area contributed by atoms with Gasteiger partial charge >= 0.3 is 12.4 Å². The van der Waals surface area contributed by atoms with Crippen molar-refractivity contribution in [2.45, 2.75) is 73.3 Å². The first-order valence-electron chi connectivity index (χ1n) is 13.3. The second-order valence-electron chi connectivity index (χ2n) is 8.96. The zero-order valence-corrected chi connectivity index (χ0v) is 24.4. The van der Waals surface area contributed by atoms with E-state index in [-0.39, 0.29) is 18.0 Å². The maximum atomic E-state index is 12.9. The Kier molecular flexibility index (Phi) is 13.5. The highest BCUT2D eigenvalue weighted by Gasteiger charge is 2.35. The lowest BCUT2D eigenvalue weighted by atomic mass is 9.93. The van der Waals surface area contributed by atoms with E-state index in [0.717, 1.165) is 33.5 Å². The number of aromatic nitrogens is 2. The average molecular weight is 568 g/mol. The number of pyridine rings is 2. The van der Waals surface area contributed by atoms with E-state index in [1.807, 2.05) is 58.9 Å². The second-order valence-corrected chi connectivity index (χ2v) is 8.96. The average Bonchev–Trinajstić information content (AvgIpc) is 2.91. The molecular weight excluding hydrogens is 528 g/mol. The lowest BCUT2D eigenvalue weighted by Gasteiger charge is -2.19. The molecule has 3 nitrogen and oxygen atoms in total. The summed E-state index contributed by atoms with van der Waals surface area (Å²) in [6, 6.07) is 13.7. The summed E-state index contributed by atoms with van der Waals surface area (Å²) in [7, 11) is 1.46. The Morgan fingerprint density at radius 2 is 1.40 bits per heavy atom. The van der Waals surface area contributed by atoms with Crippen molar-refractivity contribution in [3.63, 3.8) is 0 Å². The Morgan fingerprint density at radius 3 is 1.95 bits per heavy atom. The summed E-state index contributed by atoms with van der Waals surface area (Å²) < 4.78 is 75.7. The summed E-state index contributed by atoms with van der Waals surface area (Å²) in [4.78, 5) is 9.57. The Balaban J connectivity index is 0.000000358. The van der Waals surface area contributed by atoms with Gasteiger partial charge in [0.2, 0.25) is 0 Å². The van der Waals surface area contributed by atoms with Gasteiger partial charge in [0.15, 0.2) is 0 Å². The molecule has 0 saturated heterocycles. The summed E-state index contributed by atoms with van der Waals surface area (Å²) >= 11 is 0. The van der Waals surface area contributed by atoms with Gasteiger partial charge in [-0.1, -0.05) is 77.9 Å². The molecule has 0 fully saturated rings. The van der Waals surface area contributed by atoms with Crippen LogP contribution in [0.1, 0.15) is 69.8 Å². The third kappa shape index (κ3) is 9.77. The number of hydrogen-bond donors (Lipinski definition) is 0. The maximum Gasteiger partial charge on any atom is 0.416 e. The zero-order valence-electron chi connectivity index (χ0n) is 24.4. The van der Waals surface area contributed by atoms with Gasteiger partial charge in [-0.15, -0.1) is 0 Å². The number of fused-ring (bicyclic) bond motifs is 2. The normalized spacial score (nSPS) is 11.4. The summed E-state index contributed by atoms with van der Waals surface area (Å²) in [5.41, 5.74) is 1.83. The molecule has 0 atom stereocenters. The van der Waals surface area contributed by atoms with E-state index >= 15 is 0 Å². The zero-order chi connectivity index (χ0) is 30.7. The first kappa shape index (κ1) is 34.8. The monoisotopic (exact) mass is 567 g/mol. The van der Waals surface area contributed by atoms with Crippen LogP contribution >= 0.6 is 0 Å². The quantitative estimate of drug-likeness (QED) is 0.230. The van der Waals surface area contributed by atoms with Gasteiger partial charge in [-0.05, 0) is 48.5 Å². The molecule has 4 rings (SSSR count). The molecule has 40 heavy (non-hydrogen) atoms. The minimum atomic E-state index is -4.33. The highest BCUT2D eigenvalue weighted by Crippen LogP contribution is 2.38. The minimum Gasteiger partial charge on any atom is -0.294 e. The van der Waals surface area contributed by atoms with Gasteiger partial charge in [-0.25, -0.2) is 0 Å². The summed E-state index contributed by atoms with van der Waals surface area (Å²) in [5, 5.41) is 2.69. The van der Waals surface area contributed by atoms with Crippen molar-refractivity contribution in [1.29, 1.82) is 0 Å². The van der Waals surface area contributed by atoms with Gasteiger partial charge in [0.25, 0.3) is 0 Å². The van der Waals surface area contributed by atoms with E-state index in [9.17, 15) is 26.3 Å². The minimum absolute atomic E-state index is 0.217. The lowest BCUT2D eigenvalue weighted by Crippen LogP contribution is -2.30. The van der Waals surface area contributed by atoms with E-state index in [1.54, 1.807) is 32.2 Å². The van der Waals surface area contributed by atoms with Crippen LogP contribution in [-0.4, -0.2) is 34.6 Å². The molecule has 2 aromatic carbocycles. The number of rotatable bonds is 4. The van der Waals surface area contributed by atoms with Crippen molar-refractivity contribution < 1.29 is 26.3 Å². The van der Waals surface area contributed by atoms with Gasteiger partial charge in [0.05, 0.1) is 17.6 Å². The molecule has 0 aliphatic heterocycles. The first-order chi connectivity index (χ1) is 18.8. The molecule has 0 saturated carbocycles. The predicted molar refractivity (Wildman–Crippen MR) is 152 cm³/mol. The topological polar surface area (TPSA) is 29.0 Å². The van der Waals surface area contributed by atoms with Crippen LogP contribution in [-0.2, 0) is 12.7 Å². The SMILES string of the molecule is CC.CC.CC(C)c1c(C(F)(F)F)ccc2cccnc12.Cc1ncc(CN(C)CC(F)(F)F)c2ccccc12. The molecule has 2 aromatic heterocycles. The van der Waals surface area contributed by atoms with E-state index in [4.69, 9.17) is 0 Å². The van der Waals surface area contributed by atoms with Crippen LogP contribution in [0.15, 0.2) is 60.9 Å². The Bertz CT molecular complexity index is 1330. The predicted octanol–water partition coefficient (Wildman–Crippen LogP) is 9.97. The number of aryl methyl sites for hydroxylation is 1. The van der Waals surface area contributed by atoms with Gasteiger partial charge in [0.1, 0.15) is 0 Å². The molecule has 4 aromatic rings. The number of hydrogen-bond acceptors (Lipinski definition) is 3. The Morgan fingerprint density at radius 1 is 0.800 bits per heavy atom. The molecule has 0 amide bonds. The van der Waals surface area contributed by atoms with E-state index in [2.05, 4.69) is 9.97 Å². The van der Waals surface area contributed by atoms with Crippen LogP contribution in [0.4, 0.5) is 26.3 Å².